The van der Waals surface area contributed by atoms with Crippen molar-refractivity contribution in [2.45, 2.75) is 12.6 Å². The summed E-state index contributed by atoms with van der Waals surface area (Å²) in [5.41, 5.74) is 0.560. The molecule has 0 saturated heterocycles. The van der Waals surface area contributed by atoms with E-state index in [1.54, 1.807) is 30.3 Å². The molecule has 0 aliphatic carbocycles. The minimum absolute atomic E-state index is 0.0629. The Bertz CT molecular complexity index is 352. The minimum Gasteiger partial charge on any atom is -0.298 e. The molecule has 0 heterocycles. The summed E-state index contributed by atoms with van der Waals surface area (Å²) in [4.78, 5) is 10.6. The molecule has 0 saturated carbocycles. The number of aldehydes is 1. The number of hydrogen-bond acceptors (Lipinski definition) is 1. The molecule has 0 aromatic heterocycles. The molecule has 80 valence electrons. The lowest BCUT2D eigenvalue weighted by Gasteiger charge is -2.03. The second kappa shape index (κ2) is 4.77. The molecule has 15 heavy (non-hydrogen) atoms. The summed E-state index contributed by atoms with van der Waals surface area (Å²) < 4.78 is 35.7. The van der Waals surface area contributed by atoms with E-state index in [9.17, 15) is 18.0 Å². The van der Waals surface area contributed by atoms with Gasteiger partial charge in [0.1, 0.15) is 6.29 Å². The predicted molar refractivity (Wildman–Crippen MR) is 51.2 cm³/mol. The van der Waals surface area contributed by atoms with Crippen molar-refractivity contribution < 1.29 is 18.0 Å². The Kier molecular flexibility index (Phi) is 3.66. The van der Waals surface area contributed by atoms with Gasteiger partial charge in [-0.1, -0.05) is 36.4 Å². The molecule has 0 aliphatic rings. The first-order valence-electron chi connectivity index (χ1n) is 4.30. The summed E-state index contributed by atoms with van der Waals surface area (Å²) in [6.45, 7) is 0. The van der Waals surface area contributed by atoms with Crippen LogP contribution in [0.15, 0.2) is 36.4 Å². The molecular weight excluding hydrogens is 205 g/mol. The number of benzene rings is 1. The van der Waals surface area contributed by atoms with E-state index >= 15 is 0 Å². The molecule has 4 heteroatoms. The van der Waals surface area contributed by atoms with Crippen molar-refractivity contribution in [3.63, 3.8) is 0 Å². The zero-order valence-electron chi connectivity index (χ0n) is 7.79. The molecule has 0 unspecified atom stereocenters. The van der Waals surface area contributed by atoms with Gasteiger partial charge in [0.15, 0.2) is 0 Å². The van der Waals surface area contributed by atoms with Gasteiger partial charge in [-0.3, -0.25) is 4.79 Å². The zero-order chi connectivity index (χ0) is 11.3. The van der Waals surface area contributed by atoms with E-state index in [0.29, 0.717) is 11.8 Å². The molecule has 0 N–H and O–H groups in total. The van der Waals surface area contributed by atoms with Crippen LogP contribution in [0.2, 0.25) is 0 Å². The molecule has 1 aromatic carbocycles. The van der Waals surface area contributed by atoms with Crippen LogP contribution in [0.25, 0.3) is 5.57 Å². The molecule has 0 radical (unpaired) electrons. The second-order valence-corrected chi connectivity index (χ2v) is 2.96. The first-order valence-corrected chi connectivity index (χ1v) is 4.30. The van der Waals surface area contributed by atoms with Crippen LogP contribution in [-0.2, 0) is 4.79 Å². The Labute approximate surface area is 85.2 Å². The molecule has 1 aromatic rings. The Balaban J connectivity index is 2.86. The highest BCUT2D eigenvalue weighted by molar-refractivity contribution is 6.06. The maximum Gasteiger partial charge on any atom is 0.392 e. The van der Waals surface area contributed by atoms with Gasteiger partial charge in [0, 0.05) is 5.57 Å². The van der Waals surface area contributed by atoms with Gasteiger partial charge < -0.3 is 0 Å². The van der Waals surface area contributed by atoms with E-state index in [4.69, 9.17) is 0 Å². The standard InChI is InChI=1S/C11H9F3O/c12-11(13,14)7-6-10(8-15)9-4-2-1-3-5-9/h1-6,8H,7H2. The fraction of sp³-hybridized carbons (Fsp3) is 0.182. The van der Waals surface area contributed by atoms with Crippen LogP contribution in [-0.4, -0.2) is 12.5 Å². The van der Waals surface area contributed by atoms with E-state index in [2.05, 4.69) is 0 Å². The van der Waals surface area contributed by atoms with Gasteiger partial charge in [-0.15, -0.1) is 0 Å². The molecule has 1 nitrogen and oxygen atoms in total. The summed E-state index contributed by atoms with van der Waals surface area (Å²) in [5.74, 6) is 0. The first kappa shape index (κ1) is 11.5. The van der Waals surface area contributed by atoms with Crippen LogP contribution >= 0.6 is 0 Å². The monoisotopic (exact) mass is 214 g/mol. The van der Waals surface area contributed by atoms with Gasteiger partial charge in [0.2, 0.25) is 0 Å². The molecule has 0 fully saturated rings. The van der Waals surface area contributed by atoms with Crippen molar-refractivity contribution in [2.24, 2.45) is 0 Å². The first-order chi connectivity index (χ1) is 7.03. The number of carbonyl (C=O) groups excluding carboxylic acids is 1. The Morgan fingerprint density at radius 1 is 1.20 bits per heavy atom. The van der Waals surface area contributed by atoms with E-state index in [1.165, 1.54) is 0 Å². The molecule has 1 rings (SSSR count). The van der Waals surface area contributed by atoms with Gasteiger partial charge in [0.05, 0.1) is 6.42 Å². The fourth-order valence-electron chi connectivity index (χ4n) is 1.09. The van der Waals surface area contributed by atoms with Gasteiger partial charge >= 0.3 is 6.18 Å². The highest BCUT2D eigenvalue weighted by Crippen LogP contribution is 2.22. The van der Waals surface area contributed by atoms with Crippen LogP contribution in [0.3, 0.4) is 0 Å². The fourth-order valence-corrected chi connectivity index (χ4v) is 1.09. The zero-order valence-corrected chi connectivity index (χ0v) is 7.79. The maximum absolute atomic E-state index is 11.9. The topological polar surface area (TPSA) is 17.1 Å². The quantitative estimate of drug-likeness (QED) is 0.557. The number of halogens is 3. The van der Waals surface area contributed by atoms with Gasteiger partial charge in [-0.05, 0) is 5.56 Å². The lowest BCUT2D eigenvalue weighted by molar-refractivity contribution is -0.124. The van der Waals surface area contributed by atoms with Crippen molar-refractivity contribution >= 4 is 11.9 Å². The Hall–Kier alpha value is -1.58. The van der Waals surface area contributed by atoms with Gasteiger partial charge in [-0.2, -0.15) is 13.2 Å². The second-order valence-electron chi connectivity index (χ2n) is 2.96. The third-order valence-corrected chi connectivity index (χ3v) is 1.79. The highest BCUT2D eigenvalue weighted by Gasteiger charge is 2.25. The highest BCUT2D eigenvalue weighted by atomic mass is 19.4. The number of alkyl halides is 3. The van der Waals surface area contributed by atoms with Crippen molar-refractivity contribution in [3.8, 4) is 0 Å². The van der Waals surface area contributed by atoms with Crippen LogP contribution in [0.5, 0.6) is 0 Å². The number of allylic oxidation sites excluding steroid dienone is 2. The van der Waals surface area contributed by atoms with Crippen LogP contribution in [0.4, 0.5) is 13.2 Å². The minimum atomic E-state index is -4.27. The molecule has 0 amide bonds. The summed E-state index contributed by atoms with van der Waals surface area (Å²) in [7, 11) is 0. The smallest absolute Gasteiger partial charge is 0.298 e. The van der Waals surface area contributed by atoms with Crippen molar-refractivity contribution in [1.29, 1.82) is 0 Å². The maximum atomic E-state index is 11.9. The average molecular weight is 214 g/mol. The number of carbonyl (C=O) groups is 1. The molecule has 0 bridgehead atoms. The largest absolute Gasteiger partial charge is 0.392 e. The van der Waals surface area contributed by atoms with Crippen molar-refractivity contribution in [1.82, 2.24) is 0 Å². The van der Waals surface area contributed by atoms with E-state index in [-0.39, 0.29) is 5.57 Å². The number of hydrogen-bond donors (Lipinski definition) is 0. The summed E-state index contributed by atoms with van der Waals surface area (Å²) in [5, 5.41) is 0. The van der Waals surface area contributed by atoms with Crippen LogP contribution in [0.1, 0.15) is 12.0 Å². The van der Waals surface area contributed by atoms with Crippen molar-refractivity contribution in [2.75, 3.05) is 0 Å². The van der Waals surface area contributed by atoms with E-state index in [0.717, 1.165) is 6.08 Å². The van der Waals surface area contributed by atoms with Crippen LogP contribution in [0, 0.1) is 0 Å². The number of rotatable bonds is 3. The molecular formula is C11H9F3O. The normalized spacial score (nSPS) is 12.6. The van der Waals surface area contributed by atoms with Crippen molar-refractivity contribution in [3.05, 3.63) is 42.0 Å². The lowest BCUT2D eigenvalue weighted by Crippen LogP contribution is -2.05. The SMILES string of the molecule is O=CC(=CCC(F)(F)F)c1ccccc1. The summed E-state index contributed by atoms with van der Waals surface area (Å²) in [6.07, 6.45) is -4.04. The summed E-state index contributed by atoms with van der Waals surface area (Å²) in [6, 6.07) is 8.25. The lowest BCUT2D eigenvalue weighted by atomic mass is 10.1. The third-order valence-electron chi connectivity index (χ3n) is 1.79. The van der Waals surface area contributed by atoms with Gasteiger partial charge in [-0.25, -0.2) is 0 Å². The van der Waals surface area contributed by atoms with E-state index in [1.807, 2.05) is 0 Å². The Morgan fingerprint density at radius 2 is 1.80 bits per heavy atom. The average Bonchev–Trinajstić information content (AvgIpc) is 2.19. The molecule has 0 spiro atoms. The molecule has 0 aliphatic heterocycles. The molecule has 0 atom stereocenters. The van der Waals surface area contributed by atoms with Gasteiger partial charge in [0.25, 0.3) is 0 Å². The summed E-state index contributed by atoms with van der Waals surface area (Å²) >= 11 is 0. The van der Waals surface area contributed by atoms with Crippen LogP contribution < -0.4 is 0 Å². The predicted octanol–water partition coefficient (Wildman–Crippen LogP) is 3.22. The van der Waals surface area contributed by atoms with E-state index < -0.39 is 12.6 Å². The Morgan fingerprint density at radius 3 is 2.27 bits per heavy atom. The third kappa shape index (κ3) is 3.97.